The van der Waals surface area contributed by atoms with E-state index < -0.39 is 5.60 Å². The quantitative estimate of drug-likeness (QED) is 0.841. The highest BCUT2D eigenvalue weighted by Crippen LogP contribution is 2.35. The maximum Gasteiger partial charge on any atom is 0.407 e. The van der Waals surface area contributed by atoms with E-state index in [1.807, 2.05) is 20.8 Å². The van der Waals surface area contributed by atoms with Crippen LogP contribution in [0.1, 0.15) is 65.7 Å². The number of ether oxygens (including phenoxy) is 2. The van der Waals surface area contributed by atoms with Gasteiger partial charge in [0.05, 0.1) is 12.2 Å². The molecule has 3 fully saturated rings. The fourth-order valence-corrected chi connectivity index (χ4v) is 4.06. The summed E-state index contributed by atoms with van der Waals surface area (Å²) in [6, 6.07) is 1.23. The summed E-state index contributed by atoms with van der Waals surface area (Å²) in [6.07, 6.45) is 8.60. The Morgan fingerprint density at radius 2 is 1.86 bits per heavy atom. The van der Waals surface area contributed by atoms with Crippen molar-refractivity contribution in [2.75, 3.05) is 0 Å². The van der Waals surface area contributed by atoms with E-state index in [2.05, 4.69) is 10.6 Å². The first kappa shape index (κ1) is 16.1. The molecular formula is C17H30N2O3. The van der Waals surface area contributed by atoms with Crippen LogP contribution < -0.4 is 10.6 Å². The predicted octanol–water partition coefficient (Wildman–Crippen LogP) is 2.73. The van der Waals surface area contributed by atoms with Crippen molar-refractivity contribution >= 4 is 6.09 Å². The van der Waals surface area contributed by atoms with Gasteiger partial charge in [-0.15, -0.1) is 0 Å². The van der Waals surface area contributed by atoms with Crippen molar-refractivity contribution in [3.05, 3.63) is 0 Å². The second-order valence-electron chi connectivity index (χ2n) is 8.09. The molecule has 2 heterocycles. The summed E-state index contributed by atoms with van der Waals surface area (Å²) in [5.41, 5.74) is -0.434. The largest absolute Gasteiger partial charge is 0.444 e. The average molecular weight is 310 g/mol. The van der Waals surface area contributed by atoms with Crippen molar-refractivity contribution in [1.82, 2.24) is 10.6 Å². The van der Waals surface area contributed by atoms with Gasteiger partial charge in [-0.1, -0.05) is 0 Å². The molecular weight excluding hydrogens is 280 g/mol. The zero-order chi connectivity index (χ0) is 15.7. The maximum absolute atomic E-state index is 11.9. The van der Waals surface area contributed by atoms with Gasteiger partial charge in [-0.05, 0) is 65.7 Å². The molecule has 1 amide bonds. The van der Waals surface area contributed by atoms with Crippen LogP contribution in [0.2, 0.25) is 0 Å². The Kier molecular flexibility index (Phi) is 4.64. The summed E-state index contributed by atoms with van der Waals surface area (Å²) in [5.74, 6) is 0. The van der Waals surface area contributed by atoms with Crippen LogP contribution in [0.5, 0.6) is 0 Å². The molecule has 126 valence electrons. The number of carbonyl (C=O) groups excluding carboxylic acids is 1. The van der Waals surface area contributed by atoms with E-state index in [1.165, 1.54) is 19.3 Å². The van der Waals surface area contributed by atoms with Crippen LogP contribution in [0.25, 0.3) is 0 Å². The predicted molar refractivity (Wildman–Crippen MR) is 84.8 cm³/mol. The molecule has 5 heteroatoms. The van der Waals surface area contributed by atoms with Crippen molar-refractivity contribution < 1.29 is 14.3 Å². The van der Waals surface area contributed by atoms with E-state index in [4.69, 9.17) is 9.47 Å². The normalized spacial score (nSPS) is 38.0. The van der Waals surface area contributed by atoms with Gasteiger partial charge in [0.15, 0.2) is 0 Å². The molecule has 0 spiro atoms. The molecule has 2 bridgehead atoms. The lowest BCUT2D eigenvalue weighted by atomic mass is 9.88. The number of hydrogen-bond acceptors (Lipinski definition) is 4. The van der Waals surface area contributed by atoms with E-state index >= 15 is 0 Å². The molecule has 5 nitrogen and oxygen atoms in total. The minimum Gasteiger partial charge on any atom is -0.444 e. The SMILES string of the molecule is CC(C)(C)OC(=O)NC1CCCC(NC2CC3CCC2O3)C1. The fraction of sp³-hybridized carbons (Fsp3) is 0.941. The summed E-state index contributed by atoms with van der Waals surface area (Å²) in [5, 5.41) is 6.82. The van der Waals surface area contributed by atoms with E-state index in [1.54, 1.807) is 0 Å². The zero-order valence-corrected chi connectivity index (χ0v) is 14.1. The molecule has 0 aromatic carbocycles. The highest BCUT2D eigenvalue weighted by atomic mass is 16.6. The smallest absolute Gasteiger partial charge is 0.407 e. The first-order valence-electron chi connectivity index (χ1n) is 8.80. The topological polar surface area (TPSA) is 59.6 Å². The van der Waals surface area contributed by atoms with Gasteiger partial charge >= 0.3 is 6.09 Å². The third-order valence-corrected chi connectivity index (χ3v) is 4.95. The summed E-state index contributed by atoms with van der Waals surface area (Å²) in [6.45, 7) is 5.69. The van der Waals surface area contributed by atoms with Gasteiger partial charge in [-0.3, -0.25) is 0 Å². The molecule has 5 unspecified atom stereocenters. The van der Waals surface area contributed by atoms with Crippen molar-refractivity contribution in [3.63, 3.8) is 0 Å². The zero-order valence-electron chi connectivity index (χ0n) is 14.1. The van der Waals surface area contributed by atoms with Crippen molar-refractivity contribution in [2.45, 2.75) is 102 Å². The van der Waals surface area contributed by atoms with Crippen LogP contribution in [0.15, 0.2) is 0 Å². The van der Waals surface area contributed by atoms with E-state index in [-0.39, 0.29) is 12.1 Å². The second kappa shape index (κ2) is 6.36. The monoisotopic (exact) mass is 310 g/mol. The molecule has 0 aromatic heterocycles. The number of hydrogen-bond donors (Lipinski definition) is 2. The van der Waals surface area contributed by atoms with Crippen molar-refractivity contribution in [2.24, 2.45) is 0 Å². The standard InChI is InChI=1S/C17H30N2O3/c1-17(2,3)22-16(20)19-12-6-4-5-11(9-12)18-14-10-13-7-8-15(14)21-13/h11-15,18H,4-10H2,1-3H3,(H,19,20). The molecule has 0 aromatic rings. The number of fused-ring (bicyclic) bond motifs is 2. The minimum absolute atomic E-state index is 0.223. The summed E-state index contributed by atoms with van der Waals surface area (Å²) >= 11 is 0. The van der Waals surface area contributed by atoms with Crippen molar-refractivity contribution in [3.8, 4) is 0 Å². The molecule has 3 aliphatic rings. The highest BCUT2D eigenvalue weighted by Gasteiger charge is 2.41. The first-order valence-corrected chi connectivity index (χ1v) is 8.80. The maximum atomic E-state index is 11.9. The summed E-state index contributed by atoms with van der Waals surface area (Å²) < 4.78 is 11.3. The molecule has 2 N–H and O–H groups in total. The minimum atomic E-state index is -0.434. The summed E-state index contributed by atoms with van der Waals surface area (Å²) in [7, 11) is 0. The van der Waals surface area contributed by atoms with Crippen LogP contribution in [-0.2, 0) is 9.47 Å². The molecule has 1 aliphatic carbocycles. The lowest BCUT2D eigenvalue weighted by molar-refractivity contribution is 0.0485. The third-order valence-electron chi connectivity index (χ3n) is 4.95. The van der Waals surface area contributed by atoms with E-state index in [0.29, 0.717) is 24.3 Å². The lowest BCUT2D eigenvalue weighted by Gasteiger charge is -2.34. The second-order valence-corrected chi connectivity index (χ2v) is 8.09. The van der Waals surface area contributed by atoms with Crippen LogP contribution in [-0.4, -0.2) is 42.0 Å². The Morgan fingerprint density at radius 3 is 2.50 bits per heavy atom. The van der Waals surface area contributed by atoms with E-state index in [9.17, 15) is 4.79 Å². The van der Waals surface area contributed by atoms with Crippen molar-refractivity contribution in [1.29, 1.82) is 0 Å². The van der Waals surface area contributed by atoms with Crippen LogP contribution >= 0.6 is 0 Å². The first-order chi connectivity index (χ1) is 10.4. The number of alkyl carbamates (subject to hydrolysis) is 1. The Bertz CT molecular complexity index is 407. The van der Waals surface area contributed by atoms with E-state index in [0.717, 1.165) is 25.7 Å². The van der Waals surface area contributed by atoms with Gasteiger partial charge in [-0.25, -0.2) is 4.79 Å². The lowest BCUT2D eigenvalue weighted by Crippen LogP contribution is -2.50. The van der Waals surface area contributed by atoms with Gasteiger partial charge < -0.3 is 20.1 Å². The van der Waals surface area contributed by atoms with Gasteiger partial charge in [-0.2, -0.15) is 0 Å². The molecule has 1 saturated carbocycles. The molecule has 2 aliphatic heterocycles. The van der Waals surface area contributed by atoms with Crippen LogP contribution in [0.4, 0.5) is 4.79 Å². The molecule has 0 radical (unpaired) electrons. The molecule has 2 saturated heterocycles. The van der Waals surface area contributed by atoms with Crippen LogP contribution in [0.3, 0.4) is 0 Å². The Labute approximate surface area is 133 Å². The third kappa shape index (κ3) is 4.13. The molecule has 3 rings (SSSR count). The molecule has 5 atom stereocenters. The van der Waals surface area contributed by atoms with Gasteiger partial charge in [0.2, 0.25) is 0 Å². The number of nitrogens with one attached hydrogen (secondary N) is 2. The summed E-state index contributed by atoms with van der Waals surface area (Å²) in [4.78, 5) is 11.9. The van der Waals surface area contributed by atoms with Gasteiger partial charge in [0, 0.05) is 18.1 Å². The highest BCUT2D eigenvalue weighted by molar-refractivity contribution is 5.68. The Morgan fingerprint density at radius 1 is 1.09 bits per heavy atom. The average Bonchev–Trinajstić information content (AvgIpc) is 2.98. The number of amides is 1. The van der Waals surface area contributed by atoms with Gasteiger partial charge in [0.25, 0.3) is 0 Å². The Balaban J connectivity index is 1.44. The number of carbonyl (C=O) groups is 1. The van der Waals surface area contributed by atoms with Gasteiger partial charge in [0.1, 0.15) is 5.60 Å². The van der Waals surface area contributed by atoms with Crippen LogP contribution in [0, 0.1) is 0 Å². The Hall–Kier alpha value is -0.810. The molecule has 22 heavy (non-hydrogen) atoms. The fourth-order valence-electron chi connectivity index (χ4n) is 4.06. The number of rotatable bonds is 3.